The maximum absolute atomic E-state index is 11.0. The van der Waals surface area contributed by atoms with Crippen molar-refractivity contribution < 1.29 is 4.79 Å². The Kier molecular flexibility index (Phi) is 3.29. The molecule has 2 rings (SSSR count). The van der Waals surface area contributed by atoms with E-state index < -0.39 is 0 Å². The minimum atomic E-state index is 0.377. The number of benzene rings is 1. The molecule has 3 nitrogen and oxygen atoms in total. The Balaban J connectivity index is 2.60. The average molecular weight is 249 g/mol. The minimum Gasteiger partial charge on any atom is -0.298 e. The van der Waals surface area contributed by atoms with Crippen molar-refractivity contribution in [3.63, 3.8) is 0 Å². The predicted molar refractivity (Wildman–Crippen MR) is 68.1 cm³/mol. The number of carbonyl (C=O) groups is 1. The summed E-state index contributed by atoms with van der Waals surface area (Å²) in [6.07, 6.45) is 1.45. The van der Waals surface area contributed by atoms with Crippen molar-refractivity contribution in [3.05, 3.63) is 46.2 Å². The Morgan fingerprint density at radius 1 is 1.47 bits per heavy atom. The first-order valence-electron chi connectivity index (χ1n) is 5.47. The van der Waals surface area contributed by atoms with E-state index in [1.165, 1.54) is 0 Å². The van der Waals surface area contributed by atoms with Gasteiger partial charge in [0.15, 0.2) is 6.29 Å². The smallest absolute Gasteiger partial charge is 0.155 e. The third-order valence-electron chi connectivity index (χ3n) is 2.64. The third-order valence-corrected chi connectivity index (χ3v) is 3.00. The van der Waals surface area contributed by atoms with E-state index in [1.807, 2.05) is 38.1 Å². The average Bonchev–Trinajstić information content (AvgIpc) is 2.65. The topological polar surface area (TPSA) is 34.9 Å². The highest BCUT2D eigenvalue weighted by molar-refractivity contribution is 6.32. The van der Waals surface area contributed by atoms with E-state index in [-0.39, 0.29) is 0 Å². The van der Waals surface area contributed by atoms with Crippen molar-refractivity contribution in [1.82, 2.24) is 9.78 Å². The van der Waals surface area contributed by atoms with Gasteiger partial charge >= 0.3 is 0 Å². The summed E-state index contributed by atoms with van der Waals surface area (Å²) in [6.45, 7) is 3.95. The molecule has 0 unspecified atom stereocenters. The van der Waals surface area contributed by atoms with Gasteiger partial charge in [-0.25, -0.2) is 4.68 Å². The van der Waals surface area contributed by atoms with Crippen LogP contribution in [0, 0.1) is 6.92 Å². The van der Waals surface area contributed by atoms with E-state index >= 15 is 0 Å². The van der Waals surface area contributed by atoms with Gasteiger partial charge in [0.25, 0.3) is 0 Å². The fourth-order valence-corrected chi connectivity index (χ4v) is 2.05. The van der Waals surface area contributed by atoms with E-state index in [9.17, 15) is 4.79 Å². The van der Waals surface area contributed by atoms with Crippen LogP contribution < -0.4 is 0 Å². The van der Waals surface area contributed by atoms with Gasteiger partial charge in [-0.2, -0.15) is 5.10 Å². The second kappa shape index (κ2) is 4.72. The van der Waals surface area contributed by atoms with E-state index in [1.54, 1.807) is 4.68 Å². The van der Waals surface area contributed by atoms with Gasteiger partial charge in [0.1, 0.15) is 5.15 Å². The molecule has 0 bridgehead atoms. The van der Waals surface area contributed by atoms with Crippen LogP contribution in [0.2, 0.25) is 5.15 Å². The van der Waals surface area contributed by atoms with E-state index in [0.717, 1.165) is 23.2 Å². The largest absolute Gasteiger partial charge is 0.298 e. The van der Waals surface area contributed by atoms with Crippen LogP contribution >= 0.6 is 11.6 Å². The van der Waals surface area contributed by atoms with Gasteiger partial charge in [0.05, 0.1) is 16.9 Å². The molecule has 0 fully saturated rings. The van der Waals surface area contributed by atoms with Crippen LogP contribution in [0.1, 0.15) is 28.5 Å². The van der Waals surface area contributed by atoms with Crippen LogP contribution in [-0.2, 0) is 6.42 Å². The minimum absolute atomic E-state index is 0.377. The number of aromatic nitrogens is 2. The number of nitrogens with zero attached hydrogens (tertiary/aromatic N) is 2. The molecular formula is C13H13ClN2O. The van der Waals surface area contributed by atoms with Gasteiger partial charge in [-0.15, -0.1) is 0 Å². The zero-order valence-corrected chi connectivity index (χ0v) is 10.5. The van der Waals surface area contributed by atoms with Crippen molar-refractivity contribution in [2.45, 2.75) is 20.3 Å². The van der Waals surface area contributed by atoms with Gasteiger partial charge in [0, 0.05) is 0 Å². The molecule has 0 saturated carbocycles. The van der Waals surface area contributed by atoms with Gasteiger partial charge in [-0.1, -0.05) is 30.7 Å². The summed E-state index contributed by atoms with van der Waals surface area (Å²) in [5, 5.41) is 4.74. The first-order valence-corrected chi connectivity index (χ1v) is 5.84. The number of halogens is 1. The Morgan fingerprint density at radius 2 is 2.24 bits per heavy atom. The molecule has 0 amide bonds. The molecule has 1 heterocycles. The van der Waals surface area contributed by atoms with Gasteiger partial charge in [-0.3, -0.25) is 4.79 Å². The lowest BCUT2D eigenvalue weighted by molar-refractivity contribution is 0.112. The second-order valence-corrected chi connectivity index (χ2v) is 4.23. The number of rotatable bonds is 3. The third kappa shape index (κ3) is 2.11. The molecule has 2 aromatic rings. The number of carbonyl (C=O) groups excluding carboxylic acids is 1. The molecule has 0 aliphatic carbocycles. The van der Waals surface area contributed by atoms with Crippen LogP contribution in [0.15, 0.2) is 24.3 Å². The number of hydrogen-bond acceptors (Lipinski definition) is 2. The molecule has 0 spiro atoms. The molecule has 0 aliphatic heterocycles. The van der Waals surface area contributed by atoms with Gasteiger partial charge in [0.2, 0.25) is 0 Å². The fraction of sp³-hybridized carbons (Fsp3) is 0.231. The quantitative estimate of drug-likeness (QED) is 0.782. The van der Waals surface area contributed by atoms with Crippen LogP contribution in [0.25, 0.3) is 5.69 Å². The summed E-state index contributed by atoms with van der Waals surface area (Å²) in [5.74, 6) is 0. The number of aryl methyl sites for hydroxylation is 2. The molecule has 0 aliphatic rings. The zero-order chi connectivity index (χ0) is 12.4. The number of hydrogen-bond donors (Lipinski definition) is 0. The summed E-state index contributed by atoms with van der Waals surface area (Å²) in [7, 11) is 0. The van der Waals surface area contributed by atoms with Crippen molar-refractivity contribution in [2.24, 2.45) is 0 Å². The highest BCUT2D eigenvalue weighted by Gasteiger charge is 2.15. The molecule has 0 saturated heterocycles. The maximum Gasteiger partial charge on any atom is 0.155 e. The summed E-state index contributed by atoms with van der Waals surface area (Å²) in [4.78, 5) is 11.0. The van der Waals surface area contributed by atoms with Gasteiger partial charge in [-0.05, 0) is 31.0 Å². The van der Waals surface area contributed by atoms with Crippen molar-refractivity contribution >= 4 is 17.9 Å². The lowest BCUT2D eigenvalue weighted by atomic mass is 10.2. The van der Waals surface area contributed by atoms with E-state index in [0.29, 0.717) is 17.1 Å². The lowest BCUT2D eigenvalue weighted by Gasteiger charge is -2.03. The summed E-state index contributed by atoms with van der Waals surface area (Å²) < 4.78 is 1.61. The molecule has 88 valence electrons. The first-order chi connectivity index (χ1) is 8.17. The van der Waals surface area contributed by atoms with Crippen molar-refractivity contribution in [3.8, 4) is 5.69 Å². The Bertz CT molecular complexity index is 561. The molecule has 1 aromatic carbocycles. The Morgan fingerprint density at radius 3 is 2.76 bits per heavy atom. The molecule has 0 atom stereocenters. The number of aldehydes is 1. The SMILES string of the molecule is CCc1nn(-c2cccc(C)c2)c(Cl)c1C=O. The molecule has 0 radical (unpaired) electrons. The highest BCUT2D eigenvalue weighted by atomic mass is 35.5. The van der Waals surface area contributed by atoms with E-state index in [2.05, 4.69) is 5.10 Å². The standard InChI is InChI=1S/C13H13ClN2O/c1-3-12-11(8-17)13(14)16(15-12)10-6-4-5-9(2)7-10/h4-8H,3H2,1-2H3. The summed E-state index contributed by atoms with van der Waals surface area (Å²) in [5.41, 5.74) is 3.21. The zero-order valence-electron chi connectivity index (χ0n) is 9.77. The summed E-state index contributed by atoms with van der Waals surface area (Å²) >= 11 is 6.16. The Hall–Kier alpha value is -1.61. The predicted octanol–water partition coefficient (Wildman–Crippen LogP) is 3.21. The van der Waals surface area contributed by atoms with Crippen LogP contribution in [0.5, 0.6) is 0 Å². The van der Waals surface area contributed by atoms with Crippen LogP contribution in [0.3, 0.4) is 0 Å². The first kappa shape index (κ1) is 11.9. The molecule has 17 heavy (non-hydrogen) atoms. The normalized spacial score (nSPS) is 10.5. The van der Waals surface area contributed by atoms with Crippen molar-refractivity contribution in [2.75, 3.05) is 0 Å². The van der Waals surface area contributed by atoms with Crippen LogP contribution in [-0.4, -0.2) is 16.1 Å². The molecule has 4 heteroatoms. The molecule has 0 N–H and O–H groups in total. The van der Waals surface area contributed by atoms with Gasteiger partial charge < -0.3 is 0 Å². The van der Waals surface area contributed by atoms with Crippen molar-refractivity contribution in [1.29, 1.82) is 0 Å². The fourth-order valence-electron chi connectivity index (χ4n) is 1.76. The Labute approximate surface area is 105 Å². The highest BCUT2D eigenvalue weighted by Crippen LogP contribution is 2.23. The maximum atomic E-state index is 11.0. The molecular weight excluding hydrogens is 236 g/mol. The van der Waals surface area contributed by atoms with E-state index in [4.69, 9.17) is 11.6 Å². The molecule has 1 aromatic heterocycles. The summed E-state index contributed by atoms with van der Waals surface area (Å²) in [6, 6.07) is 7.84. The lowest BCUT2D eigenvalue weighted by Crippen LogP contribution is -1.97. The second-order valence-electron chi connectivity index (χ2n) is 3.87. The monoisotopic (exact) mass is 248 g/mol. The van der Waals surface area contributed by atoms with Crippen LogP contribution in [0.4, 0.5) is 0 Å².